The van der Waals surface area contributed by atoms with Crippen molar-refractivity contribution in [3.8, 4) is 0 Å². The number of aromatic nitrogens is 4. The van der Waals surface area contributed by atoms with Gasteiger partial charge >= 0.3 is 0 Å². The van der Waals surface area contributed by atoms with Gasteiger partial charge in [0.15, 0.2) is 5.82 Å². The lowest BCUT2D eigenvalue weighted by Gasteiger charge is -2.19. The van der Waals surface area contributed by atoms with Gasteiger partial charge in [0.1, 0.15) is 0 Å². The van der Waals surface area contributed by atoms with Crippen molar-refractivity contribution in [1.29, 1.82) is 0 Å². The molecule has 2 atom stereocenters. The van der Waals surface area contributed by atoms with Crippen molar-refractivity contribution < 1.29 is 0 Å². The van der Waals surface area contributed by atoms with E-state index in [9.17, 15) is 0 Å². The minimum atomic E-state index is 0.353. The Morgan fingerprint density at radius 1 is 1.24 bits per heavy atom. The van der Waals surface area contributed by atoms with Crippen molar-refractivity contribution in [2.45, 2.75) is 53.6 Å². The van der Waals surface area contributed by atoms with Crippen LogP contribution in [0.2, 0.25) is 0 Å². The Kier molecular flexibility index (Phi) is 5.55. The van der Waals surface area contributed by atoms with Crippen LogP contribution in [-0.4, -0.2) is 26.8 Å². The summed E-state index contributed by atoms with van der Waals surface area (Å²) in [5.74, 6) is 2.16. The Morgan fingerprint density at radius 3 is 2.53 bits per heavy atom. The van der Waals surface area contributed by atoms with Gasteiger partial charge in [-0.05, 0) is 35.7 Å². The third-order valence-electron chi connectivity index (χ3n) is 3.25. The van der Waals surface area contributed by atoms with E-state index in [2.05, 4.69) is 55.5 Å². The Hall–Kier alpha value is -0.970. The zero-order chi connectivity index (χ0) is 12.8. The van der Waals surface area contributed by atoms with E-state index < -0.39 is 0 Å². The maximum Gasteiger partial charge on any atom is 0.165 e. The van der Waals surface area contributed by atoms with Crippen molar-refractivity contribution >= 4 is 0 Å². The summed E-state index contributed by atoms with van der Waals surface area (Å²) >= 11 is 0. The zero-order valence-electron chi connectivity index (χ0n) is 11.6. The molecule has 2 unspecified atom stereocenters. The summed E-state index contributed by atoms with van der Waals surface area (Å²) in [5, 5.41) is 15.3. The van der Waals surface area contributed by atoms with Crippen LogP contribution >= 0.6 is 0 Å². The molecule has 0 fully saturated rings. The molecule has 1 aromatic heterocycles. The average Bonchev–Trinajstić information content (AvgIpc) is 2.74. The summed E-state index contributed by atoms with van der Waals surface area (Å²) in [7, 11) is 0. The quantitative estimate of drug-likeness (QED) is 0.791. The largest absolute Gasteiger partial charge is 0.310 e. The van der Waals surface area contributed by atoms with E-state index in [-0.39, 0.29) is 0 Å². The highest BCUT2D eigenvalue weighted by atomic mass is 15.6. The molecule has 0 aromatic carbocycles. The first-order chi connectivity index (χ1) is 8.06. The number of nitrogens with zero attached hydrogens (tertiary/aromatic N) is 4. The van der Waals surface area contributed by atoms with E-state index in [1.54, 1.807) is 0 Å². The van der Waals surface area contributed by atoms with Crippen LogP contribution in [-0.2, 0) is 6.54 Å². The van der Waals surface area contributed by atoms with Gasteiger partial charge in [-0.25, -0.2) is 4.68 Å². The van der Waals surface area contributed by atoms with Crippen LogP contribution in [0.5, 0.6) is 0 Å². The van der Waals surface area contributed by atoms with Gasteiger partial charge in [-0.2, -0.15) is 0 Å². The molecule has 5 heteroatoms. The standard InChI is InChI=1S/C12H25N5/c1-6-10(4)11(5)17-12(14-15-16-17)8-13-7-9(2)3/h9-11,13H,6-8H2,1-5H3. The normalized spacial score (nSPS) is 15.2. The second kappa shape index (κ2) is 6.69. The van der Waals surface area contributed by atoms with E-state index >= 15 is 0 Å². The van der Waals surface area contributed by atoms with Crippen molar-refractivity contribution in [1.82, 2.24) is 25.5 Å². The number of nitrogens with one attached hydrogen (secondary N) is 1. The van der Waals surface area contributed by atoms with Gasteiger partial charge in [0.2, 0.25) is 0 Å². The van der Waals surface area contributed by atoms with Gasteiger partial charge in [-0.3, -0.25) is 0 Å². The molecule has 0 amide bonds. The summed E-state index contributed by atoms with van der Waals surface area (Å²) in [6, 6.07) is 0.353. The Bertz CT molecular complexity index is 320. The number of tetrazole rings is 1. The van der Waals surface area contributed by atoms with Gasteiger partial charge in [0.25, 0.3) is 0 Å². The molecule has 0 bridgehead atoms. The Labute approximate surface area is 104 Å². The molecular weight excluding hydrogens is 214 g/mol. The maximum atomic E-state index is 4.10. The second-order valence-electron chi connectivity index (χ2n) is 5.19. The van der Waals surface area contributed by atoms with Crippen LogP contribution in [0.15, 0.2) is 0 Å². The maximum absolute atomic E-state index is 4.10. The molecule has 0 aliphatic heterocycles. The molecule has 5 nitrogen and oxygen atoms in total. The summed E-state index contributed by atoms with van der Waals surface area (Å²) in [4.78, 5) is 0. The van der Waals surface area contributed by atoms with Gasteiger partial charge in [0, 0.05) is 0 Å². The zero-order valence-corrected chi connectivity index (χ0v) is 11.6. The van der Waals surface area contributed by atoms with Crippen LogP contribution in [0.3, 0.4) is 0 Å². The van der Waals surface area contributed by atoms with Crippen LogP contribution in [0.25, 0.3) is 0 Å². The molecular formula is C12H25N5. The highest BCUT2D eigenvalue weighted by molar-refractivity contribution is 4.84. The van der Waals surface area contributed by atoms with E-state index in [0.717, 1.165) is 25.3 Å². The minimum Gasteiger partial charge on any atom is -0.310 e. The minimum absolute atomic E-state index is 0.353. The lowest BCUT2D eigenvalue weighted by atomic mass is 10.0. The fraction of sp³-hybridized carbons (Fsp3) is 0.917. The number of hydrogen-bond acceptors (Lipinski definition) is 4. The molecule has 1 heterocycles. The highest BCUT2D eigenvalue weighted by Crippen LogP contribution is 2.19. The first kappa shape index (κ1) is 14.1. The van der Waals surface area contributed by atoms with E-state index in [4.69, 9.17) is 0 Å². The van der Waals surface area contributed by atoms with Crippen molar-refractivity contribution in [2.24, 2.45) is 11.8 Å². The lowest BCUT2D eigenvalue weighted by Crippen LogP contribution is -2.24. The Morgan fingerprint density at radius 2 is 1.94 bits per heavy atom. The smallest absolute Gasteiger partial charge is 0.165 e. The topological polar surface area (TPSA) is 55.6 Å². The molecule has 0 aliphatic carbocycles. The molecule has 0 saturated heterocycles. The van der Waals surface area contributed by atoms with E-state index in [1.807, 2.05) is 4.68 Å². The fourth-order valence-electron chi connectivity index (χ4n) is 1.70. The van der Waals surface area contributed by atoms with Crippen molar-refractivity contribution in [3.05, 3.63) is 5.82 Å². The van der Waals surface area contributed by atoms with Crippen LogP contribution in [0, 0.1) is 11.8 Å². The molecule has 1 aromatic rings. The summed E-state index contributed by atoms with van der Waals surface area (Å²) in [6.07, 6.45) is 1.14. The van der Waals surface area contributed by atoms with Crippen molar-refractivity contribution in [3.63, 3.8) is 0 Å². The van der Waals surface area contributed by atoms with Crippen molar-refractivity contribution in [2.75, 3.05) is 6.54 Å². The van der Waals surface area contributed by atoms with Crippen LogP contribution in [0.1, 0.15) is 52.9 Å². The number of hydrogen-bond donors (Lipinski definition) is 1. The summed E-state index contributed by atoms with van der Waals surface area (Å²) in [5.41, 5.74) is 0. The molecule has 0 radical (unpaired) electrons. The molecule has 98 valence electrons. The van der Waals surface area contributed by atoms with E-state index in [0.29, 0.717) is 17.9 Å². The predicted molar refractivity (Wildman–Crippen MR) is 68.5 cm³/mol. The third kappa shape index (κ3) is 4.07. The lowest BCUT2D eigenvalue weighted by molar-refractivity contribution is 0.326. The van der Waals surface area contributed by atoms with Gasteiger partial charge in [-0.1, -0.05) is 34.1 Å². The molecule has 0 spiro atoms. The fourth-order valence-corrected chi connectivity index (χ4v) is 1.70. The predicted octanol–water partition coefficient (Wildman–Crippen LogP) is 2.03. The molecule has 0 aliphatic rings. The van der Waals surface area contributed by atoms with Gasteiger partial charge in [0.05, 0.1) is 12.6 Å². The first-order valence-corrected chi connectivity index (χ1v) is 6.53. The number of rotatable bonds is 7. The molecule has 0 saturated carbocycles. The summed E-state index contributed by atoms with van der Waals surface area (Å²) < 4.78 is 1.95. The van der Waals surface area contributed by atoms with Crippen LogP contribution in [0.4, 0.5) is 0 Å². The molecule has 1 N–H and O–H groups in total. The average molecular weight is 239 g/mol. The molecule has 1 rings (SSSR count). The van der Waals surface area contributed by atoms with Gasteiger partial charge < -0.3 is 5.32 Å². The third-order valence-corrected chi connectivity index (χ3v) is 3.25. The Balaban J connectivity index is 2.59. The monoisotopic (exact) mass is 239 g/mol. The van der Waals surface area contributed by atoms with Gasteiger partial charge in [-0.15, -0.1) is 5.10 Å². The van der Waals surface area contributed by atoms with Crippen LogP contribution < -0.4 is 5.32 Å². The molecule has 17 heavy (non-hydrogen) atoms. The SMILES string of the molecule is CCC(C)C(C)n1nnnc1CNCC(C)C. The summed E-state index contributed by atoms with van der Waals surface area (Å²) in [6.45, 7) is 12.7. The highest BCUT2D eigenvalue weighted by Gasteiger charge is 2.17. The first-order valence-electron chi connectivity index (χ1n) is 6.53. The second-order valence-corrected chi connectivity index (χ2v) is 5.19. The van der Waals surface area contributed by atoms with E-state index in [1.165, 1.54) is 0 Å².